The molecule has 1 N–H and O–H groups in total. The summed E-state index contributed by atoms with van der Waals surface area (Å²) >= 11 is 0. The normalized spacial score (nSPS) is 12.4. The van der Waals surface area contributed by atoms with E-state index in [9.17, 15) is 14.9 Å². The van der Waals surface area contributed by atoms with Gasteiger partial charge in [-0.15, -0.1) is 0 Å². The number of hydrogen-bond acceptors (Lipinski definition) is 9. The number of esters is 1. The average Bonchev–Trinajstić information content (AvgIpc) is 3.32. The highest BCUT2D eigenvalue weighted by Crippen LogP contribution is 2.38. The van der Waals surface area contributed by atoms with E-state index in [1.54, 1.807) is 19.9 Å². The summed E-state index contributed by atoms with van der Waals surface area (Å²) in [6.07, 6.45) is 5.24. The van der Waals surface area contributed by atoms with Gasteiger partial charge in [-0.3, -0.25) is 10.1 Å². The minimum absolute atomic E-state index is 0. The molecule has 5 rings (SSSR count). The molecule has 0 bridgehead atoms. The number of rotatable bonds is 10. The average molecular weight is 588 g/mol. The molecule has 0 fully saturated rings. The van der Waals surface area contributed by atoms with Gasteiger partial charge in [0.1, 0.15) is 11.3 Å². The number of para-hydroxylation sites is 1. The van der Waals surface area contributed by atoms with Crippen molar-refractivity contribution in [2.45, 2.75) is 53.7 Å². The molecule has 11 heteroatoms. The number of ether oxygens (including phenoxy) is 1. The van der Waals surface area contributed by atoms with Crippen LogP contribution in [0, 0.1) is 17.0 Å². The summed E-state index contributed by atoms with van der Waals surface area (Å²) < 4.78 is 7.76. The van der Waals surface area contributed by atoms with Crippen LogP contribution in [0.3, 0.4) is 0 Å². The Labute approximate surface area is 252 Å². The van der Waals surface area contributed by atoms with Gasteiger partial charge in [0, 0.05) is 56.1 Å². The molecule has 3 heterocycles. The minimum atomic E-state index is -0.504. The molecule has 0 aliphatic carbocycles. The Balaban J connectivity index is 0.00000423. The van der Waals surface area contributed by atoms with Crippen molar-refractivity contribution < 1.29 is 14.5 Å². The first-order valence-corrected chi connectivity index (χ1v) is 14.1. The van der Waals surface area contributed by atoms with Crippen molar-refractivity contribution >= 4 is 39.9 Å². The molecule has 228 valence electrons. The quantitative estimate of drug-likeness (QED) is 0.131. The summed E-state index contributed by atoms with van der Waals surface area (Å²) in [6.45, 7) is 7.75. The molecule has 43 heavy (non-hydrogen) atoms. The number of nitrogens with one attached hydrogen (secondary N) is 1. The van der Waals surface area contributed by atoms with E-state index in [4.69, 9.17) is 9.72 Å². The second-order valence-corrected chi connectivity index (χ2v) is 11.3. The van der Waals surface area contributed by atoms with Gasteiger partial charge in [0.05, 0.1) is 27.9 Å². The molecule has 0 amide bonds. The Morgan fingerprint density at radius 1 is 1.21 bits per heavy atom. The number of nitro groups is 1. The Kier molecular flexibility index (Phi) is 9.34. The molecular formula is C32H41N7O4. The zero-order valence-electron chi connectivity index (χ0n) is 25.0. The number of anilines is 3. The minimum Gasteiger partial charge on any atom is -0.459 e. The lowest BCUT2D eigenvalue weighted by molar-refractivity contribution is -0.384. The molecule has 0 unspecified atom stereocenters. The lowest BCUT2D eigenvalue weighted by atomic mass is 10.0. The molecule has 1 aliphatic heterocycles. The van der Waals surface area contributed by atoms with E-state index in [2.05, 4.69) is 20.9 Å². The van der Waals surface area contributed by atoms with Crippen molar-refractivity contribution in [2.75, 3.05) is 44.4 Å². The third kappa shape index (κ3) is 6.46. The molecule has 11 nitrogen and oxygen atoms in total. The molecule has 0 saturated carbocycles. The van der Waals surface area contributed by atoms with Crippen LogP contribution in [0.2, 0.25) is 0 Å². The van der Waals surface area contributed by atoms with Crippen LogP contribution in [0.1, 0.15) is 49.2 Å². The van der Waals surface area contributed by atoms with Crippen molar-refractivity contribution in [3.05, 3.63) is 69.5 Å². The third-order valence-electron chi connectivity index (χ3n) is 7.49. The maximum Gasteiger partial charge on any atom is 0.342 e. The van der Waals surface area contributed by atoms with Gasteiger partial charge in [-0.25, -0.2) is 14.8 Å². The highest BCUT2D eigenvalue weighted by atomic mass is 16.6. The zero-order valence-corrected chi connectivity index (χ0v) is 25.0. The van der Waals surface area contributed by atoms with E-state index in [-0.39, 0.29) is 35.7 Å². The van der Waals surface area contributed by atoms with Crippen LogP contribution < -0.4 is 10.2 Å². The number of carbonyl (C=O) groups is 1. The van der Waals surface area contributed by atoms with Crippen molar-refractivity contribution in [3.63, 3.8) is 0 Å². The molecule has 2 aromatic heterocycles. The van der Waals surface area contributed by atoms with Crippen LogP contribution in [0.5, 0.6) is 0 Å². The number of aromatic nitrogens is 3. The Morgan fingerprint density at radius 3 is 2.67 bits per heavy atom. The van der Waals surface area contributed by atoms with Gasteiger partial charge in [0.25, 0.3) is 5.69 Å². The van der Waals surface area contributed by atoms with Crippen molar-refractivity contribution in [3.8, 4) is 11.3 Å². The monoisotopic (exact) mass is 587 g/mol. The Bertz CT molecular complexity index is 1660. The van der Waals surface area contributed by atoms with Gasteiger partial charge in [-0.05, 0) is 64.9 Å². The number of hydrogen-bond donors (Lipinski definition) is 1. The SMILES string of the molecule is C.Cc1cc(N(C)CCN(C)C)c([N+](=O)[O-])cc1Nc1ncc(C(=O)OC(C)C)c(-c2cn3c4c(cccc24)CCC3)n1. The molecule has 0 atom stereocenters. The van der Waals surface area contributed by atoms with Crippen LogP contribution in [-0.2, 0) is 17.7 Å². The van der Waals surface area contributed by atoms with Crippen LogP contribution in [0.15, 0.2) is 42.7 Å². The summed E-state index contributed by atoms with van der Waals surface area (Å²) in [7, 11) is 5.78. The molecule has 4 aromatic rings. The molecule has 0 radical (unpaired) electrons. The van der Waals surface area contributed by atoms with Gasteiger partial charge in [0.2, 0.25) is 5.95 Å². The van der Waals surface area contributed by atoms with Crippen molar-refractivity contribution in [1.29, 1.82) is 0 Å². The van der Waals surface area contributed by atoms with Crippen LogP contribution >= 0.6 is 0 Å². The molecular weight excluding hydrogens is 546 g/mol. The second-order valence-electron chi connectivity index (χ2n) is 11.3. The predicted molar refractivity (Wildman–Crippen MR) is 172 cm³/mol. The largest absolute Gasteiger partial charge is 0.459 e. The molecule has 0 spiro atoms. The molecule has 2 aromatic carbocycles. The van der Waals surface area contributed by atoms with E-state index >= 15 is 0 Å². The molecule has 0 saturated heterocycles. The topological polar surface area (TPSA) is 119 Å². The number of nitrogens with zero attached hydrogens (tertiary/aromatic N) is 6. The van der Waals surface area contributed by atoms with Crippen molar-refractivity contribution in [2.24, 2.45) is 0 Å². The third-order valence-corrected chi connectivity index (χ3v) is 7.49. The first kappa shape index (κ1) is 31.4. The van der Waals surface area contributed by atoms with E-state index in [0.29, 0.717) is 23.6 Å². The highest BCUT2D eigenvalue weighted by Gasteiger charge is 2.25. The number of benzene rings is 2. The summed E-state index contributed by atoms with van der Waals surface area (Å²) in [5.74, 6) is -0.278. The number of aryl methyl sites for hydroxylation is 3. The predicted octanol–water partition coefficient (Wildman–Crippen LogP) is 6.20. The summed E-state index contributed by atoms with van der Waals surface area (Å²) in [5.41, 5.74) is 5.77. The fourth-order valence-corrected chi connectivity index (χ4v) is 5.38. The summed E-state index contributed by atoms with van der Waals surface area (Å²) in [4.78, 5) is 38.0. The smallest absolute Gasteiger partial charge is 0.342 e. The number of carbonyl (C=O) groups excluding carboxylic acids is 1. The van der Waals surface area contributed by atoms with Gasteiger partial charge in [-0.1, -0.05) is 25.6 Å². The first-order valence-electron chi connectivity index (χ1n) is 14.1. The fraction of sp³-hybridized carbons (Fsp3) is 0.406. The van der Waals surface area contributed by atoms with E-state index < -0.39 is 5.97 Å². The van der Waals surface area contributed by atoms with Crippen LogP contribution in [0.25, 0.3) is 22.2 Å². The van der Waals surface area contributed by atoms with Gasteiger partial charge in [-0.2, -0.15) is 0 Å². The van der Waals surface area contributed by atoms with Crippen molar-refractivity contribution in [1.82, 2.24) is 19.4 Å². The van der Waals surface area contributed by atoms with E-state index in [1.165, 1.54) is 17.8 Å². The summed E-state index contributed by atoms with van der Waals surface area (Å²) in [6, 6.07) is 9.53. The van der Waals surface area contributed by atoms with Crippen LogP contribution in [0.4, 0.5) is 23.0 Å². The van der Waals surface area contributed by atoms with Crippen LogP contribution in [-0.4, -0.2) is 70.7 Å². The van der Waals surface area contributed by atoms with Gasteiger partial charge < -0.3 is 24.4 Å². The number of nitro benzene ring substituents is 1. The highest BCUT2D eigenvalue weighted by molar-refractivity contribution is 6.03. The zero-order chi connectivity index (χ0) is 30.1. The number of likely N-dealkylation sites (N-methyl/N-ethyl adjacent to an activating group) is 2. The summed E-state index contributed by atoms with van der Waals surface area (Å²) in [5, 5.41) is 16.3. The Morgan fingerprint density at radius 2 is 1.98 bits per heavy atom. The van der Waals surface area contributed by atoms with E-state index in [1.807, 2.05) is 56.2 Å². The molecule has 1 aliphatic rings. The first-order chi connectivity index (χ1) is 20.0. The maximum absolute atomic E-state index is 13.2. The second kappa shape index (κ2) is 12.8. The Hall–Kier alpha value is -4.51. The lowest BCUT2D eigenvalue weighted by Gasteiger charge is -2.22. The standard InChI is InChI=1S/C31H37N7O4.CH4/c1-19(2)42-30(39)23-17-32-31(34-28(23)24-18-37-12-8-10-21-9-7-11-22(24)29(21)37)33-25-16-27(38(40)41)26(15-20(25)3)36(6)14-13-35(4)5;/h7,9,11,15-19H,8,10,12-14H2,1-6H3,(H,32,33,34);1H4. The maximum atomic E-state index is 13.2. The van der Waals surface area contributed by atoms with Gasteiger partial charge >= 0.3 is 5.97 Å². The fourth-order valence-electron chi connectivity index (χ4n) is 5.38. The lowest BCUT2D eigenvalue weighted by Crippen LogP contribution is -2.29. The van der Waals surface area contributed by atoms with E-state index in [0.717, 1.165) is 48.0 Å². The van der Waals surface area contributed by atoms with Gasteiger partial charge in [0.15, 0.2) is 0 Å².